The molecule has 0 atom stereocenters. The second-order valence-corrected chi connectivity index (χ2v) is 6.35. The first-order valence-electron chi connectivity index (χ1n) is 6.90. The van der Waals surface area contributed by atoms with Gasteiger partial charge in [0.2, 0.25) is 0 Å². The summed E-state index contributed by atoms with van der Waals surface area (Å²) in [7, 11) is 0. The van der Waals surface area contributed by atoms with Gasteiger partial charge in [-0.3, -0.25) is 0 Å². The normalized spacial score (nSPS) is 10.9. The number of terminal acetylenes is 1. The molecule has 112 valence electrons. The molecule has 0 heterocycles. The average Bonchev–Trinajstić information content (AvgIpc) is 2.45. The fourth-order valence-corrected chi connectivity index (χ4v) is 2.18. The molecule has 0 unspecified atom stereocenters. The Morgan fingerprint density at radius 1 is 1.14 bits per heavy atom. The minimum Gasteiger partial charge on any atom is -0.456 e. The summed E-state index contributed by atoms with van der Waals surface area (Å²) in [4.78, 5) is 12.0. The second kappa shape index (κ2) is 6.25. The maximum atomic E-state index is 12.0. The van der Waals surface area contributed by atoms with E-state index in [2.05, 4.69) is 5.92 Å². The fourth-order valence-electron chi connectivity index (χ4n) is 2.00. The molecular formula is C19H17ClO2. The molecule has 0 N–H and O–H groups in total. The number of carbonyl (C=O) groups excluding carboxylic acids is 1. The Labute approximate surface area is 136 Å². The molecule has 2 rings (SSSR count). The van der Waals surface area contributed by atoms with Crippen molar-refractivity contribution in [3.63, 3.8) is 0 Å². The maximum absolute atomic E-state index is 12.0. The zero-order valence-corrected chi connectivity index (χ0v) is 13.6. The summed E-state index contributed by atoms with van der Waals surface area (Å²) in [6.07, 6.45) is 5.52. The maximum Gasteiger partial charge on any atom is 0.338 e. The fraction of sp³-hybridized carbons (Fsp3) is 0.211. The standard InChI is InChI=1S/C19H17ClO2/c1-5-13-10-11-16(20)12-17(13)14-6-8-15(9-7-14)18(21)22-19(2,3)4/h1,6-12H,2-4H3. The Morgan fingerprint density at radius 2 is 1.77 bits per heavy atom. The highest BCUT2D eigenvalue weighted by atomic mass is 35.5. The molecule has 2 aromatic carbocycles. The number of ether oxygens (including phenoxy) is 1. The van der Waals surface area contributed by atoms with Crippen molar-refractivity contribution in [2.24, 2.45) is 0 Å². The molecular weight excluding hydrogens is 296 g/mol. The van der Waals surface area contributed by atoms with E-state index in [0.717, 1.165) is 16.7 Å². The molecule has 0 aliphatic carbocycles. The third-order valence-electron chi connectivity index (χ3n) is 2.97. The van der Waals surface area contributed by atoms with Crippen LogP contribution in [-0.4, -0.2) is 11.6 Å². The van der Waals surface area contributed by atoms with Crippen molar-refractivity contribution in [2.75, 3.05) is 0 Å². The Morgan fingerprint density at radius 3 is 2.32 bits per heavy atom. The van der Waals surface area contributed by atoms with Crippen LogP contribution in [0.3, 0.4) is 0 Å². The summed E-state index contributed by atoms with van der Waals surface area (Å²) in [6.45, 7) is 5.51. The molecule has 0 aliphatic rings. The zero-order valence-electron chi connectivity index (χ0n) is 12.8. The Hall–Kier alpha value is -2.24. The first-order valence-corrected chi connectivity index (χ1v) is 7.28. The molecule has 22 heavy (non-hydrogen) atoms. The monoisotopic (exact) mass is 312 g/mol. The van der Waals surface area contributed by atoms with Gasteiger partial charge in [-0.2, -0.15) is 0 Å². The third kappa shape index (κ3) is 3.90. The van der Waals surface area contributed by atoms with E-state index < -0.39 is 5.60 Å². The van der Waals surface area contributed by atoms with Gasteiger partial charge in [0, 0.05) is 10.6 Å². The second-order valence-electron chi connectivity index (χ2n) is 5.91. The lowest BCUT2D eigenvalue weighted by Crippen LogP contribution is -2.23. The number of rotatable bonds is 2. The molecule has 0 aliphatic heterocycles. The van der Waals surface area contributed by atoms with E-state index in [1.807, 2.05) is 39.0 Å². The summed E-state index contributed by atoms with van der Waals surface area (Å²) in [5, 5.41) is 0.616. The topological polar surface area (TPSA) is 26.3 Å². The number of halogens is 1. The number of esters is 1. The summed E-state index contributed by atoms with van der Waals surface area (Å²) in [5.41, 5.74) is 2.52. The molecule has 0 saturated heterocycles. The van der Waals surface area contributed by atoms with Crippen molar-refractivity contribution in [1.29, 1.82) is 0 Å². The van der Waals surface area contributed by atoms with Crippen molar-refractivity contribution in [3.8, 4) is 23.5 Å². The third-order valence-corrected chi connectivity index (χ3v) is 3.20. The minimum absolute atomic E-state index is 0.345. The van der Waals surface area contributed by atoms with Crippen LogP contribution in [0.5, 0.6) is 0 Å². The lowest BCUT2D eigenvalue weighted by atomic mass is 9.99. The molecule has 0 aromatic heterocycles. The van der Waals surface area contributed by atoms with E-state index in [1.54, 1.807) is 24.3 Å². The summed E-state index contributed by atoms with van der Waals surface area (Å²) in [5.74, 6) is 2.29. The van der Waals surface area contributed by atoms with Crippen LogP contribution in [0.2, 0.25) is 5.02 Å². The van der Waals surface area contributed by atoms with Crippen LogP contribution in [0.4, 0.5) is 0 Å². The van der Waals surface area contributed by atoms with Gasteiger partial charge in [-0.15, -0.1) is 6.42 Å². The van der Waals surface area contributed by atoms with Crippen molar-refractivity contribution >= 4 is 17.6 Å². The predicted octanol–water partition coefficient (Wildman–Crippen LogP) is 4.94. The van der Waals surface area contributed by atoms with Crippen LogP contribution in [0.1, 0.15) is 36.7 Å². The largest absolute Gasteiger partial charge is 0.456 e. The highest BCUT2D eigenvalue weighted by molar-refractivity contribution is 6.30. The lowest BCUT2D eigenvalue weighted by molar-refractivity contribution is 0.00696. The highest BCUT2D eigenvalue weighted by Crippen LogP contribution is 2.27. The van der Waals surface area contributed by atoms with Crippen LogP contribution in [0.25, 0.3) is 11.1 Å². The molecule has 0 bridgehead atoms. The van der Waals surface area contributed by atoms with Crippen molar-refractivity contribution in [2.45, 2.75) is 26.4 Å². The number of hydrogen-bond acceptors (Lipinski definition) is 2. The van der Waals surface area contributed by atoms with Gasteiger partial charge in [0.1, 0.15) is 5.60 Å². The SMILES string of the molecule is C#Cc1ccc(Cl)cc1-c1ccc(C(=O)OC(C)(C)C)cc1. The number of carbonyl (C=O) groups is 1. The average molecular weight is 313 g/mol. The predicted molar refractivity (Wildman–Crippen MR) is 90.0 cm³/mol. The van der Waals surface area contributed by atoms with Gasteiger partial charge in [-0.25, -0.2) is 4.79 Å². The van der Waals surface area contributed by atoms with Gasteiger partial charge in [-0.1, -0.05) is 29.7 Å². The molecule has 2 nitrogen and oxygen atoms in total. The van der Waals surface area contributed by atoms with Crippen molar-refractivity contribution in [3.05, 3.63) is 58.6 Å². The van der Waals surface area contributed by atoms with E-state index >= 15 is 0 Å². The Balaban J connectivity index is 2.32. The van der Waals surface area contributed by atoms with Crippen LogP contribution < -0.4 is 0 Å². The van der Waals surface area contributed by atoms with Crippen molar-refractivity contribution < 1.29 is 9.53 Å². The first kappa shape index (κ1) is 16.1. The molecule has 2 aromatic rings. The summed E-state index contributed by atoms with van der Waals surface area (Å²) in [6, 6.07) is 12.5. The van der Waals surface area contributed by atoms with Crippen molar-refractivity contribution in [1.82, 2.24) is 0 Å². The van der Waals surface area contributed by atoms with E-state index in [9.17, 15) is 4.79 Å². The number of benzene rings is 2. The van der Waals surface area contributed by atoms with Gasteiger partial charge >= 0.3 is 5.97 Å². The van der Waals surface area contributed by atoms with E-state index in [1.165, 1.54) is 0 Å². The molecule has 0 radical (unpaired) electrons. The molecule has 0 amide bonds. The van der Waals surface area contributed by atoms with E-state index in [4.69, 9.17) is 22.8 Å². The van der Waals surface area contributed by atoms with Gasteiger partial charge < -0.3 is 4.74 Å². The van der Waals surface area contributed by atoms with Crippen LogP contribution in [0.15, 0.2) is 42.5 Å². The minimum atomic E-state index is -0.515. The first-order chi connectivity index (χ1) is 10.3. The van der Waals surface area contributed by atoms with Crippen LogP contribution in [-0.2, 0) is 4.74 Å². The summed E-state index contributed by atoms with van der Waals surface area (Å²) >= 11 is 6.04. The van der Waals surface area contributed by atoms with E-state index in [0.29, 0.717) is 10.6 Å². The molecule has 0 saturated carbocycles. The molecule has 3 heteroatoms. The quantitative estimate of drug-likeness (QED) is 0.579. The van der Waals surface area contributed by atoms with Gasteiger partial charge in [-0.05, 0) is 62.2 Å². The van der Waals surface area contributed by atoms with Crippen LogP contribution >= 0.6 is 11.6 Å². The van der Waals surface area contributed by atoms with Gasteiger partial charge in [0.25, 0.3) is 0 Å². The molecule has 0 spiro atoms. The smallest absolute Gasteiger partial charge is 0.338 e. The summed E-state index contributed by atoms with van der Waals surface area (Å²) < 4.78 is 5.34. The zero-order chi connectivity index (χ0) is 16.3. The van der Waals surface area contributed by atoms with Gasteiger partial charge in [0.05, 0.1) is 5.56 Å². The Bertz CT molecular complexity index is 732. The van der Waals surface area contributed by atoms with Gasteiger partial charge in [0.15, 0.2) is 0 Å². The molecule has 0 fully saturated rings. The van der Waals surface area contributed by atoms with E-state index in [-0.39, 0.29) is 5.97 Å². The van der Waals surface area contributed by atoms with Crippen LogP contribution in [0, 0.1) is 12.3 Å². The number of hydrogen-bond donors (Lipinski definition) is 0. The highest BCUT2D eigenvalue weighted by Gasteiger charge is 2.17. The lowest BCUT2D eigenvalue weighted by Gasteiger charge is -2.19. The Kier molecular flexibility index (Phi) is 4.59.